The van der Waals surface area contributed by atoms with Crippen LogP contribution < -0.4 is 5.32 Å². The molecule has 8 heteroatoms. The van der Waals surface area contributed by atoms with E-state index in [4.69, 9.17) is 14.7 Å². The largest absolute Gasteiger partial charge is 0.377 e. The lowest BCUT2D eigenvalue weighted by Gasteiger charge is -2.36. The van der Waals surface area contributed by atoms with Crippen LogP contribution in [0.3, 0.4) is 0 Å². The van der Waals surface area contributed by atoms with E-state index in [2.05, 4.69) is 35.1 Å². The number of nitriles is 1. The first kappa shape index (κ1) is 24.4. The molecule has 0 saturated carbocycles. The Bertz CT molecular complexity index is 775. The van der Waals surface area contributed by atoms with Gasteiger partial charge in [-0.25, -0.2) is 4.98 Å². The fraction of sp³-hybridized carbons (Fsp3) is 0.708. The van der Waals surface area contributed by atoms with Crippen LogP contribution in [0.15, 0.2) is 18.3 Å². The van der Waals surface area contributed by atoms with E-state index in [1.165, 1.54) is 0 Å². The summed E-state index contributed by atoms with van der Waals surface area (Å²) in [6, 6.07) is 5.49. The SMILES string of the molecule is CCCN(CCC)[C@@H](C)C(=O)N1CCOC[C@@]2(CC[C@@H](CNc3ccc(C#N)cn3)O2)C1. The van der Waals surface area contributed by atoms with Gasteiger partial charge in [0.15, 0.2) is 0 Å². The fourth-order valence-electron chi connectivity index (χ4n) is 4.63. The first-order valence-electron chi connectivity index (χ1n) is 11.9. The molecule has 2 aliphatic heterocycles. The van der Waals surface area contributed by atoms with E-state index < -0.39 is 5.60 Å². The summed E-state index contributed by atoms with van der Waals surface area (Å²) in [4.78, 5) is 21.9. The Morgan fingerprint density at radius 2 is 2.19 bits per heavy atom. The number of amides is 1. The Labute approximate surface area is 191 Å². The lowest BCUT2D eigenvalue weighted by atomic mass is 9.99. The summed E-state index contributed by atoms with van der Waals surface area (Å²) in [5, 5.41) is 12.2. The lowest BCUT2D eigenvalue weighted by Crippen LogP contribution is -2.53. The van der Waals surface area contributed by atoms with Gasteiger partial charge in [0.1, 0.15) is 17.5 Å². The molecule has 1 spiro atoms. The molecule has 32 heavy (non-hydrogen) atoms. The summed E-state index contributed by atoms with van der Waals surface area (Å²) in [7, 11) is 0. The lowest BCUT2D eigenvalue weighted by molar-refractivity contribution is -0.141. The van der Waals surface area contributed by atoms with Crippen LogP contribution in [0.1, 0.15) is 52.0 Å². The summed E-state index contributed by atoms with van der Waals surface area (Å²) >= 11 is 0. The molecule has 0 aliphatic carbocycles. The van der Waals surface area contributed by atoms with Gasteiger partial charge in [-0.15, -0.1) is 0 Å². The molecular weight excluding hydrogens is 406 g/mol. The van der Waals surface area contributed by atoms with E-state index in [0.717, 1.165) is 44.6 Å². The van der Waals surface area contributed by atoms with Crippen LogP contribution in [0.4, 0.5) is 5.82 Å². The number of pyridine rings is 1. The molecule has 2 saturated heterocycles. The average molecular weight is 444 g/mol. The topological polar surface area (TPSA) is 90.7 Å². The molecular formula is C24H37N5O3. The van der Waals surface area contributed by atoms with Crippen molar-refractivity contribution in [1.82, 2.24) is 14.8 Å². The molecule has 3 rings (SSSR count). The Morgan fingerprint density at radius 1 is 1.41 bits per heavy atom. The molecule has 8 nitrogen and oxygen atoms in total. The second-order valence-corrected chi connectivity index (χ2v) is 8.91. The molecule has 1 aromatic heterocycles. The third-order valence-corrected chi connectivity index (χ3v) is 6.33. The van der Waals surface area contributed by atoms with Gasteiger partial charge in [-0.3, -0.25) is 9.69 Å². The van der Waals surface area contributed by atoms with Gasteiger partial charge in [-0.1, -0.05) is 13.8 Å². The minimum Gasteiger partial charge on any atom is -0.377 e. The Kier molecular flexibility index (Phi) is 8.85. The fourth-order valence-corrected chi connectivity index (χ4v) is 4.63. The quantitative estimate of drug-likeness (QED) is 0.627. The van der Waals surface area contributed by atoms with Gasteiger partial charge in [0.25, 0.3) is 0 Å². The van der Waals surface area contributed by atoms with Gasteiger partial charge < -0.3 is 19.7 Å². The number of nitrogens with zero attached hydrogens (tertiary/aromatic N) is 4. The van der Waals surface area contributed by atoms with Gasteiger partial charge in [-0.2, -0.15) is 5.26 Å². The van der Waals surface area contributed by atoms with Crippen molar-refractivity contribution in [3.8, 4) is 6.07 Å². The average Bonchev–Trinajstić information content (AvgIpc) is 3.09. The molecule has 1 N–H and O–H groups in total. The van der Waals surface area contributed by atoms with Crippen LogP contribution in [0, 0.1) is 11.3 Å². The first-order valence-corrected chi connectivity index (χ1v) is 11.9. The van der Waals surface area contributed by atoms with Crippen LogP contribution in [0.25, 0.3) is 0 Å². The molecule has 0 unspecified atom stereocenters. The van der Waals surface area contributed by atoms with Gasteiger partial charge in [0.2, 0.25) is 5.91 Å². The van der Waals surface area contributed by atoms with Crippen LogP contribution >= 0.6 is 0 Å². The Balaban J connectivity index is 1.58. The van der Waals surface area contributed by atoms with Crippen molar-refractivity contribution in [2.45, 2.75) is 64.2 Å². The van der Waals surface area contributed by atoms with E-state index >= 15 is 0 Å². The minimum atomic E-state index is -0.448. The zero-order chi connectivity index (χ0) is 23.0. The van der Waals surface area contributed by atoms with Gasteiger partial charge in [-0.05, 0) is 57.8 Å². The van der Waals surface area contributed by atoms with Crippen LogP contribution in [0.5, 0.6) is 0 Å². The number of aromatic nitrogens is 1. The number of ether oxygens (including phenoxy) is 2. The van der Waals surface area contributed by atoms with Crippen molar-refractivity contribution in [1.29, 1.82) is 5.26 Å². The highest BCUT2D eigenvalue weighted by atomic mass is 16.6. The minimum absolute atomic E-state index is 0.0280. The van der Waals surface area contributed by atoms with E-state index in [1.54, 1.807) is 18.3 Å². The number of hydrogen-bond donors (Lipinski definition) is 1. The first-order chi connectivity index (χ1) is 15.5. The highest BCUT2D eigenvalue weighted by Gasteiger charge is 2.44. The summed E-state index contributed by atoms with van der Waals surface area (Å²) in [6.45, 7) is 11.1. The van der Waals surface area contributed by atoms with E-state index in [-0.39, 0.29) is 18.1 Å². The summed E-state index contributed by atoms with van der Waals surface area (Å²) in [5.41, 5.74) is 0.0917. The Morgan fingerprint density at radius 3 is 2.84 bits per heavy atom. The summed E-state index contributed by atoms with van der Waals surface area (Å²) in [6.07, 6.45) is 5.44. The molecule has 2 aliphatic rings. The monoisotopic (exact) mass is 443 g/mol. The van der Waals surface area contributed by atoms with Crippen molar-refractivity contribution in [2.75, 3.05) is 51.3 Å². The molecule has 3 atom stereocenters. The van der Waals surface area contributed by atoms with E-state index in [9.17, 15) is 4.79 Å². The van der Waals surface area contributed by atoms with Gasteiger partial charge in [0.05, 0.1) is 37.5 Å². The molecule has 2 fully saturated rings. The van der Waals surface area contributed by atoms with Crippen LogP contribution in [-0.2, 0) is 14.3 Å². The molecule has 1 amide bonds. The molecule has 0 bridgehead atoms. The maximum Gasteiger partial charge on any atom is 0.239 e. The molecule has 0 radical (unpaired) electrons. The standard InChI is InChI=1S/C24H37N5O3/c1-4-10-28(11-5-2)19(3)23(30)29-12-13-31-18-24(17-29)9-8-21(32-24)16-27-22-7-6-20(14-25)15-26-22/h6-7,15,19,21H,4-5,8-13,16-18H2,1-3H3,(H,26,27)/t19-,21-,24+/m0/s1. The normalized spacial score (nSPS) is 24.3. The zero-order valence-electron chi connectivity index (χ0n) is 19.7. The van der Waals surface area contributed by atoms with Crippen LogP contribution in [-0.4, -0.2) is 84.4 Å². The number of carbonyl (C=O) groups excluding carboxylic acids is 1. The third kappa shape index (κ3) is 6.18. The molecule has 3 heterocycles. The van der Waals surface area contributed by atoms with Gasteiger partial charge >= 0.3 is 0 Å². The van der Waals surface area contributed by atoms with Crippen molar-refractivity contribution in [2.24, 2.45) is 0 Å². The smallest absolute Gasteiger partial charge is 0.239 e. The van der Waals surface area contributed by atoms with Crippen molar-refractivity contribution < 1.29 is 14.3 Å². The second-order valence-electron chi connectivity index (χ2n) is 8.91. The maximum atomic E-state index is 13.4. The van der Waals surface area contributed by atoms with E-state index in [0.29, 0.717) is 38.4 Å². The van der Waals surface area contributed by atoms with Crippen molar-refractivity contribution >= 4 is 11.7 Å². The third-order valence-electron chi connectivity index (χ3n) is 6.33. The molecule has 176 valence electrons. The number of rotatable bonds is 9. The second kappa shape index (κ2) is 11.6. The van der Waals surface area contributed by atoms with Crippen molar-refractivity contribution in [3.63, 3.8) is 0 Å². The highest BCUT2D eigenvalue weighted by molar-refractivity contribution is 5.81. The molecule has 0 aromatic carbocycles. The van der Waals surface area contributed by atoms with E-state index in [1.807, 2.05) is 11.8 Å². The predicted octanol–water partition coefficient (Wildman–Crippen LogP) is 2.65. The number of hydrogen-bond acceptors (Lipinski definition) is 7. The summed E-state index contributed by atoms with van der Waals surface area (Å²) in [5.74, 6) is 0.895. The Hall–Kier alpha value is -2.21. The predicted molar refractivity (Wildman–Crippen MR) is 123 cm³/mol. The van der Waals surface area contributed by atoms with Gasteiger partial charge in [0, 0.05) is 19.3 Å². The van der Waals surface area contributed by atoms with Crippen LogP contribution in [0.2, 0.25) is 0 Å². The summed E-state index contributed by atoms with van der Waals surface area (Å²) < 4.78 is 12.4. The zero-order valence-corrected chi connectivity index (χ0v) is 19.7. The number of nitrogens with one attached hydrogen (secondary N) is 1. The maximum absolute atomic E-state index is 13.4. The number of anilines is 1. The number of carbonyl (C=O) groups is 1. The highest BCUT2D eigenvalue weighted by Crippen LogP contribution is 2.33. The van der Waals surface area contributed by atoms with Crippen molar-refractivity contribution in [3.05, 3.63) is 23.9 Å². The molecule has 1 aromatic rings.